The van der Waals surface area contributed by atoms with Gasteiger partial charge in [-0.15, -0.1) is 0 Å². The first-order chi connectivity index (χ1) is 11.6. The number of ether oxygens (including phenoxy) is 3. The molecule has 0 aliphatic heterocycles. The topological polar surface area (TPSA) is 87.9 Å². The molecule has 126 valence electrons. The fourth-order valence-electron chi connectivity index (χ4n) is 1.98. The van der Waals surface area contributed by atoms with E-state index in [9.17, 15) is 14.9 Å². The van der Waals surface area contributed by atoms with Crippen molar-refractivity contribution in [2.24, 2.45) is 0 Å². The van der Waals surface area contributed by atoms with Gasteiger partial charge in [-0.1, -0.05) is 19.1 Å². The van der Waals surface area contributed by atoms with E-state index in [-0.39, 0.29) is 22.7 Å². The monoisotopic (exact) mass is 331 g/mol. The predicted molar refractivity (Wildman–Crippen MR) is 86.8 cm³/mol. The van der Waals surface area contributed by atoms with Crippen LogP contribution in [0.25, 0.3) is 0 Å². The normalized spacial score (nSPS) is 10.1. The molecule has 2 rings (SSSR count). The van der Waals surface area contributed by atoms with E-state index >= 15 is 0 Å². The summed E-state index contributed by atoms with van der Waals surface area (Å²) in [5.74, 6) is 0.0571. The van der Waals surface area contributed by atoms with Gasteiger partial charge in [-0.05, 0) is 30.7 Å². The van der Waals surface area contributed by atoms with Crippen molar-refractivity contribution in [3.05, 3.63) is 58.1 Å². The number of para-hydroxylation sites is 2. The Balaban J connectivity index is 2.24. The lowest BCUT2D eigenvalue weighted by Crippen LogP contribution is -2.10. The number of benzene rings is 2. The molecule has 0 atom stereocenters. The Morgan fingerprint density at radius 3 is 2.46 bits per heavy atom. The maximum atomic E-state index is 12.3. The first kappa shape index (κ1) is 17.3. The second kappa shape index (κ2) is 7.96. The fraction of sp³-hybridized carbons (Fsp3) is 0.235. The number of methoxy groups -OCH3 is 1. The van der Waals surface area contributed by atoms with E-state index in [4.69, 9.17) is 14.2 Å². The lowest BCUT2D eigenvalue weighted by Gasteiger charge is -2.11. The fourth-order valence-corrected chi connectivity index (χ4v) is 1.98. The number of hydrogen-bond acceptors (Lipinski definition) is 6. The van der Waals surface area contributed by atoms with Crippen LogP contribution >= 0.6 is 0 Å². The van der Waals surface area contributed by atoms with Crippen LogP contribution in [0.2, 0.25) is 0 Å². The van der Waals surface area contributed by atoms with Gasteiger partial charge in [0, 0.05) is 6.07 Å². The van der Waals surface area contributed by atoms with Gasteiger partial charge >= 0.3 is 11.7 Å². The summed E-state index contributed by atoms with van der Waals surface area (Å²) in [5, 5.41) is 11.0. The molecular formula is C17H17NO6. The molecule has 0 aliphatic carbocycles. The molecule has 0 spiro atoms. The van der Waals surface area contributed by atoms with E-state index in [0.29, 0.717) is 12.4 Å². The molecule has 0 aromatic heterocycles. The number of carbonyl (C=O) groups is 1. The molecule has 2 aromatic carbocycles. The molecule has 0 unspecified atom stereocenters. The molecule has 24 heavy (non-hydrogen) atoms. The van der Waals surface area contributed by atoms with Gasteiger partial charge < -0.3 is 14.2 Å². The van der Waals surface area contributed by atoms with Crippen LogP contribution in [0, 0.1) is 10.1 Å². The van der Waals surface area contributed by atoms with Crippen LogP contribution in [0.3, 0.4) is 0 Å². The van der Waals surface area contributed by atoms with Crippen molar-refractivity contribution in [2.75, 3.05) is 13.7 Å². The quantitative estimate of drug-likeness (QED) is 0.333. The molecule has 0 saturated heterocycles. The van der Waals surface area contributed by atoms with Crippen LogP contribution in [-0.2, 0) is 0 Å². The Bertz CT molecular complexity index is 744. The van der Waals surface area contributed by atoms with Crippen LogP contribution < -0.4 is 14.2 Å². The molecule has 0 heterocycles. The van der Waals surface area contributed by atoms with Gasteiger partial charge in [0.25, 0.3) is 0 Å². The lowest BCUT2D eigenvalue weighted by molar-refractivity contribution is -0.385. The van der Waals surface area contributed by atoms with E-state index in [1.165, 1.54) is 19.2 Å². The lowest BCUT2D eigenvalue weighted by atomic mass is 10.2. The third-order valence-corrected chi connectivity index (χ3v) is 3.12. The van der Waals surface area contributed by atoms with E-state index in [1.807, 2.05) is 6.92 Å². The number of nitro groups is 1. The van der Waals surface area contributed by atoms with Gasteiger partial charge in [0.2, 0.25) is 0 Å². The molecule has 0 radical (unpaired) electrons. The highest BCUT2D eigenvalue weighted by atomic mass is 16.6. The van der Waals surface area contributed by atoms with Crippen molar-refractivity contribution < 1.29 is 23.9 Å². The molecule has 7 heteroatoms. The summed E-state index contributed by atoms with van der Waals surface area (Å²) in [6.45, 7) is 2.45. The molecule has 0 N–H and O–H groups in total. The van der Waals surface area contributed by atoms with Crippen LogP contribution in [0.4, 0.5) is 5.69 Å². The van der Waals surface area contributed by atoms with Gasteiger partial charge in [-0.2, -0.15) is 0 Å². The number of rotatable bonds is 7. The molecule has 0 aliphatic rings. The first-order valence-corrected chi connectivity index (χ1v) is 7.33. The molecular weight excluding hydrogens is 314 g/mol. The van der Waals surface area contributed by atoms with E-state index < -0.39 is 10.9 Å². The Kier molecular flexibility index (Phi) is 5.73. The van der Waals surface area contributed by atoms with Crippen molar-refractivity contribution in [3.8, 4) is 17.2 Å². The summed E-state index contributed by atoms with van der Waals surface area (Å²) in [4.78, 5) is 22.7. The van der Waals surface area contributed by atoms with Crippen LogP contribution in [-0.4, -0.2) is 24.6 Å². The first-order valence-electron chi connectivity index (χ1n) is 7.33. The standard InChI is InChI=1S/C17H17NO6/c1-3-10-23-15-6-4-5-7-16(15)24-17(19)12-8-9-14(22-2)13(11-12)18(20)21/h4-9,11H,3,10H2,1-2H3. The highest BCUT2D eigenvalue weighted by Gasteiger charge is 2.20. The van der Waals surface area contributed by atoms with Crippen molar-refractivity contribution in [2.45, 2.75) is 13.3 Å². The van der Waals surface area contributed by atoms with Gasteiger partial charge in [0.1, 0.15) is 0 Å². The minimum absolute atomic E-state index is 0.0489. The number of nitrogens with zero attached hydrogens (tertiary/aromatic N) is 1. The highest BCUT2D eigenvalue weighted by molar-refractivity contribution is 5.92. The van der Waals surface area contributed by atoms with E-state index in [2.05, 4.69) is 0 Å². The maximum Gasteiger partial charge on any atom is 0.343 e. The SMILES string of the molecule is CCCOc1ccccc1OC(=O)c1ccc(OC)c([N+](=O)[O-])c1. The second-order valence-corrected chi connectivity index (χ2v) is 4.83. The summed E-state index contributed by atoms with van der Waals surface area (Å²) >= 11 is 0. The number of carbonyl (C=O) groups excluding carboxylic acids is 1. The van der Waals surface area contributed by atoms with Gasteiger partial charge in [-0.25, -0.2) is 4.79 Å². The second-order valence-electron chi connectivity index (χ2n) is 4.83. The summed E-state index contributed by atoms with van der Waals surface area (Å²) in [5.41, 5.74) is -0.254. The maximum absolute atomic E-state index is 12.3. The average molecular weight is 331 g/mol. The van der Waals surface area contributed by atoms with Crippen molar-refractivity contribution in [1.82, 2.24) is 0 Å². The zero-order valence-corrected chi connectivity index (χ0v) is 13.4. The van der Waals surface area contributed by atoms with Crippen molar-refractivity contribution >= 4 is 11.7 Å². The third kappa shape index (κ3) is 4.01. The Morgan fingerprint density at radius 2 is 1.83 bits per heavy atom. The molecule has 0 fully saturated rings. The van der Waals surface area contributed by atoms with Crippen LogP contribution in [0.1, 0.15) is 23.7 Å². The smallest absolute Gasteiger partial charge is 0.343 e. The minimum atomic E-state index is -0.715. The largest absolute Gasteiger partial charge is 0.490 e. The van der Waals surface area contributed by atoms with Crippen molar-refractivity contribution in [3.63, 3.8) is 0 Å². The molecule has 0 amide bonds. The Morgan fingerprint density at radius 1 is 1.12 bits per heavy atom. The third-order valence-electron chi connectivity index (χ3n) is 3.12. The number of nitro benzene ring substituents is 1. The molecule has 2 aromatic rings. The van der Waals surface area contributed by atoms with Gasteiger partial charge in [0.05, 0.1) is 24.2 Å². The summed E-state index contributed by atoms with van der Waals surface area (Å²) in [6.07, 6.45) is 0.812. The Hall–Kier alpha value is -3.09. The summed E-state index contributed by atoms with van der Waals surface area (Å²) in [7, 11) is 1.32. The zero-order chi connectivity index (χ0) is 17.5. The van der Waals surface area contributed by atoms with Crippen molar-refractivity contribution in [1.29, 1.82) is 0 Å². The van der Waals surface area contributed by atoms with Gasteiger partial charge in [-0.3, -0.25) is 10.1 Å². The summed E-state index contributed by atoms with van der Waals surface area (Å²) in [6, 6.07) is 10.6. The predicted octanol–water partition coefficient (Wildman–Crippen LogP) is 3.61. The number of esters is 1. The minimum Gasteiger partial charge on any atom is -0.490 e. The van der Waals surface area contributed by atoms with Crippen LogP contribution in [0.5, 0.6) is 17.2 Å². The van der Waals surface area contributed by atoms with E-state index in [1.54, 1.807) is 24.3 Å². The Labute approximate surface area is 138 Å². The van der Waals surface area contributed by atoms with Crippen LogP contribution in [0.15, 0.2) is 42.5 Å². The summed E-state index contributed by atoms with van der Waals surface area (Å²) < 4.78 is 15.7. The van der Waals surface area contributed by atoms with E-state index in [0.717, 1.165) is 12.5 Å². The highest BCUT2D eigenvalue weighted by Crippen LogP contribution is 2.30. The number of hydrogen-bond donors (Lipinski definition) is 0. The molecule has 0 saturated carbocycles. The van der Waals surface area contributed by atoms with Gasteiger partial charge in [0.15, 0.2) is 17.2 Å². The zero-order valence-electron chi connectivity index (χ0n) is 13.4. The molecule has 0 bridgehead atoms. The average Bonchev–Trinajstić information content (AvgIpc) is 2.60. The molecule has 7 nitrogen and oxygen atoms in total.